The molecule has 0 fully saturated rings. The first-order valence-electron chi connectivity index (χ1n) is 8.22. The molecule has 0 saturated heterocycles. The Morgan fingerprint density at radius 3 is 2.85 bits per heavy atom. The van der Waals surface area contributed by atoms with Gasteiger partial charge in [0, 0.05) is 6.20 Å². The van der Waals surface area contributed by atoms with E-state index in [2.05, 4.69) is 20.8 Å². The second kappa shape index (κ2) is 8.57. The molecule has 1 unspecified atom stereocenters. The van der Waals surface area contributed by atoms with Crippen LogP contribution in [0.5, 0.6) is 5.75 Å². The molecule has 3 aromatic rings. The molecule has 2 aromatic heterocycles. The zero-order valence-electron chi connectivity index (χ0n) is 14.7. The van der Waals surface area contributed by atoms with Gasteiger partial charge >= 0.3 is 6.03 Å². The van der Waals surface area contributed by atoms with Gasteiger partial charge in [-0.15, -0.1) is 10.2 Å². The minimum absolute atomic E-state index is 0.255. The maximum absolute atomic E-state index is 12.5. The van der Waals surface area contributed by atoms with Crippen molar-refractivity contribution in [3.05, 3.63) is 54.5 Å². The number of amides is 2. The fraction of sp³-hybridized carbons (Fsp3) is 0.278. The van der Waals surface area contributed by atoms with E-state index in [1.54, 1.807) is 31.0 Å². The van der Waals surface area contributed by atoms with Crippen molar-refractivity contribution < 1.29 is 9.53 Å². The van der Waals surface area contributed by atoms with Gasteiger partial charge in [0.15, 0.2) is 11.5 Å². The molecule has 0 spiro atoms. The number of carbonyl (C=O) groups excluding carboxylic acids is 1. The van der Waals surface area contributed by atoms with Crippen molar-refractivity contribution in [3.63, 3.8) is 0 Å². The molecule has 0 aliphatic rings. The van der Waals surface area contributed by atoms with Gasteiger partial charge in [0.1, 0.15) is 5.75 Å². The van der Waals surface area contributed by atoms with Gasteiger partial charge < -0.3 is 15.4 Å². The number of carbonyl (C=O) groups is 1. The number of urea groups is 1. The van der Waals surface area contributed by atoms with Gasteiger partial charge in [-0.2, -0.15) is 11.8 Å². The van der Waals surface area contributed by atoms with Gasteiger partial charge in [0.2, 0.25) is 0 Å². The lowest BCUT2D eigenvalue weighted by Crippen LogP contribution is -2.34. The van der Waals surface area contributed by atoms with Crippen LogP contribution in [0.1, 0.15) is 18.3 Å². The molecule has 2 N–H and O–H groups in total. The van der Waals surface area contributed by atoms with E-state index in [0.29, 0.717) is 17.3 Å². The van der Waals surface area contributed by atoms with Gasteiger partial charge in [0.05, 0.1) is 18.8 Å². The molecule has 0 aliphatic heterocycles. The Hall–Kier alpha value is -2.74. The molecule has 0 saturated carbocycles. The molecule has 2 amide bonds. The van der Waals surface area contributed by atoms with Crippen LogP contribution in [0, 0.1) is 0 Å². The normalized spacial score (nSPS) is 11.9. The molecule has 8 heteroatoms. The van der Waals surface area contributed by atoms with Gasteiger partial charge in [-0.3, -0.25) is 4.40 Å². The summed E-state index contributed by atoms with van der Waals surface area (Å²) in [6.45, 7) is 0. The van der Waals surface area contributed by atoms with E-state index in [0.717, 1.165) is 17.8 Å². The topological polar surface area (TPSA) is 80.5 Å². The highest BCUT2D eigenvalue weighted by molar-refractivity contribution is 7.98. The standard InChI is InChI=1S/C18H21N5O2S/c1-25-15-8-4-3-7-13(15)19-18(24)20-14(10-12-26-2)17-22-21-16-9-5-6-11-23(16)17/h3-9,11,14H,10,12H2,1-2H3,(H2,19,20,24). The number of thioether (sulfide) groups is 1. The molecule has 2 heterocycles. The van der Waals surface area contributed by atoms with Crippen LogP contribution < -0.4 is 15.4 Å². The smallest absolute Gasteiger partial charge is 0.319 e. The lowest BCUT2D eigenvalue weighted by Gasteiger charge is -2.18. The Bertz CT molecular complexity index is 883. The summed E-state index contributed by atoms with van der Waals surface area (Å²) in [7, 11) is 1.57. The fourth-order valence-corrected chi connectivity index (χ4v) is 3.13. The molecular formula is C18H21N5O2S. The summed E-state index contributed by atoms with van der Waals surface area (Å²) in [4.78, 5) is 12.5. The van der Waals surface area contributed by atoms with Crippen LogP contribution in [-0.4, -0.2) is 39.7 Å². The number of para-hydroxylation sites is 2. The molecule has 26 heavy (non-hydrogen) atoms. The summed E-state index contributed by atoms with van der Waals surface area (Å²) in [5.74, 6) is 2.21. The van der Waals surface area contributed by atoms with Crippen LogP contribution in [0.4, 0.5) is 10.5 Å². The molecular weight excluding hydrogens is 350 g/mol. The number of hydrogen-bond acceptors (Lipinski definition) is 5. The Kier molecular flexibility index (Phi) is 5.96. The molecule has 0 aliphatic carbocycles. The first-order valence-corrected chi connectivity index (χ1v) is 9.61. The summed E-state index contributed by atoms with van der Waals surface area (Å²) in [5, 5.41) is 14.3. The summed E-state index contributed by atoms with van der Waals surface area (Å²) in [5.41, 5.74) is 1.37. The largest absolute Gasteiger partial charge is 0.495 e. The highest BCUT2D eigenvalue weighted by atomic mass is 32.2. The van der Waals surface area contributed by atoms with Crippen molar-refractivity contribution in [3.8, 4) is 5.75 Å². The van der Waals surface area contributed by atoms with Crippen LogP contribution in [0.3, 0.4) is 0 Å². The third kappa shape index (κ3) is 4.08. The van der Waals surface area contributed by atoms with E-state index in [-0.39, 0.29) is 12.1 Å². The Morgan fingerprint density at radius 2 is 2.04 bits per heavy atom. The Morgan fingerprint density at radius 1 is 1.23 bits per heavy atom. The number of benzene rings is 1. The first-order chi connectivity index (χ1) is 12.7. The van der Waals surface area contributed by atoms with E-state index in [4.69, 9.17) is 4.74 Å². The van der Waals surface area contributed by atoms with E-state index in [1.807, 2.05) is 47.2 Å². The quantitative estimate of drug-likeness (QED) is 0.666. The average molecular weight is 371 g/mol. The summed E-state index contributed by atoms with van der Waals surface area (Å²) < 4.78 is 7.17. The summed E-state index contributed by atoms with van der Waals surface area (Å²) in [6.07, 6.45) is 4.68. The number of nitrogens with zero attached hydrogens (tertiary/aromatic N) is 3. The third-order valence-electron chi connectivity index (χ3n) is 3.92. The van der Waals surface area contributed by atoms with E-state index >= 15 is 0 Å². The predicted molar refractivity (Wildman–Crippen MR) is 104 cm³/mol. The lowest BCUT2D eigenvalue weighted by atomic mass is 10.2. The van der Waals surface area contributed by atoms with Crippen molar-refractivity contribution >= 4 is 29.1 Å². The predicted octanol–water partition coefficient (Wildman–Crippen LogP) is 3.35. The molecule has 0 bridgehead atoms. The highest BCUT2D eigenvalue weighted by Gasteiger charge is 2.20. The average Bonchev–Trinajstić information content (AvgIpc) is 3.09. The number of methoxy groups -OCH3 is 1. The molecule has 7 nitrogen and oxygen atoms in total. The number of ether oxygens (including phenoxy) is 1. The zero-order valence-corrected chi connectivity index (χ0v) is 15.5. The third-order valence-corrected chi connectivity index (χ3v) is 4.57. The van der Waals surface area contributed by atoms with E-state index < -0.39 is 0 Å². The second-order valence-electron chi connectivity index (χ2n) is 5.62. The number of nitrogens with one attached hydrogen (secondary N) is 2. The molecule has 1 atom stereocenters. The van der Waals surface area contributed by atoms with Crippen LogP contribution in [-0.2, 0) is 0 Å². The number of aromatic nitrogens is 3. The zero-order chi connectivity index (χ0) is 18.4. The Labute approximate surface area is 156 Å². The van der Waals surface area contributed by atoms with Crippen molar-refractivity contribution in [1.29, 1.82) is 0 Å². The SMILES string of the molecule is COc1ccccc1NC(=O)NC(CCSC)c1nnc2ccccn12. The van der Waals surface area contributed by atoms with E-state index in [9.17, 15) is 4.79 Å². The van der Waals surface area contributed by atoms with Crippen LogP contribution in [0.2, 0.25) is 0 Å². The van der Waals surface area contributed by atoms with Crippen molar-refractivity contribution in [2.75, 3.05) is 24.4 Å². The molecule has 3 rings (SSSR count). The number of anilines is 1. The van der Waals surface area contributed by atoms with Gasteiger partial charge in [-0.1, -0.05) is 18.2 Å². The maximum atomic E-state index is 12.5. The molecule has 0 radical (unpaired) electrons. The number of rotatable bonds is 7. The lowest BCUT2D eigenvalue weighted by molar-refractivity contribution is 0.247. The first kappa shape index (κ1) is 18.1. The van der Waals surface area contributed by atoms with Gasteiger partial charge in [-0.05, 0) is 42.7 Å². The minimum atomic E-state index is -0.312. The molecule has 136 valence electrons. The van der Waals surface area contributed by atoms with Crippen LogP contribution >= 0.6 is 11.8 Å². The second-order valence-corrected chi connectivity index (χ2v) is 6.61. The summed E-state index contributed by atoms with van der Waals surface area (Å²) in [6, 6.07) is 12.4. The van der Waals surface area contributed by atoms with Gasteiger partial charge in [-0.25, -0.2) is 4.79 Å². The minimum Gasteiger partial charge on any atom is -0.495 e. The highest BCUT2D eigenvalue weighted by Crippen LogP contribution is 2.24. The summed E-state index contributed by atoms with van der Waals surface area (Å²) >= 11 is 1.72. The van der Waals surface area contributed by atoms with E-state index in [1.165, 1.54) is 0 Å². The van der Waals surface area contributed by atoms with Crippen LogP contribution in [0.15, 0.2) is 48.7 Å². The maximum Gasteiger partial charge on any atom is 0.319 e. The van der Waals surface area contributed by atoms with Crippen molar-refractivity contribution in [2.45, 2.75) is 12.5 Å². The number of hydrogen-bond donors (Lipinski definition) is 2. The number of fused-ring (bicyclic) bond motifs is 1. The monoisotopic (exact) mass is 371 g/mol. The fourth-order valence-electron chi connectivity index (χ4n) is 2.66. The van der Waals surface area contributed by atoms with Crippen molar-refractivity contribution in [2.24, 2.45) is 0 Å². The van der Waals surface area contributed by atoms with Gasteiger partial charge in [0.25, 0.3) is 0 Å². The number of pyridine rings is 1. The van der Waals surface area contributed by atoms with Crippen LogP contribution in [0.25, 0.3) is 5.65 Å². The van der Waals surface area contributed by atoms with Crippen molar-refractivity contribution in [1.82, 2.24) is 19.9 Å². The molecule has 1 aromatic carbocycles. The Balaban J connectivity index is 1.79.